The molecule has 0 spiro atoms. The van der Waals surface area contributed by atoms with Crippen LogP contribution in [0, 0.1) is 18.6 Å². The van der Waals surface area contributed by atoms with Crippen LogP contribution in [0.4, 0.5) is 20.4 Å². The van der Waals surface area contributed by atoms with Gasteiger partial charge in [0.2, 0.25) is 0 Å². The van der Waals surface area contributed by atoms with E-state index >= 15 is 0 Å². The van der Waals surface area contributed by atoms with Gasteiger partial charge in [-0.1, -0.05) is 13.0 Å². The molecule has 0 unspecified atom stereocenters. The van der Waals surface area contributed by atoms with E-state index in [0.29, 0.717) is 36.0 Å². The Morgan fingerprint density at radius 3 is 2.60 bits per heavy atom. The number of nitrogens with one attached hydrogen (secondary N) is 1. The minimum atomic E-state index is -0.863. The fourth-order valence-electron chi connectivity index (χ4n) is 1.75. The first kappa shape index (κ1) is 14.2. The molecule has 3 N–H and O–H groups in total. The van der Waals surface area contributed by atoms with Gasteiger partial charge in [-0.3, -0.25) is 0 Å². The number of nitrogens with zero attached hydrogens (tertiary/aromatic N) is 2. The van der Waals surface area contributed by atoms with Crippen LogP contribution in [0.1, 0.15) is 23.9 Å². The van der Waals surface area contributed by atoms with Gasteiger partial charge in [0.05, 0.1) is 0 Å². The highest BCUT2D eigenvalue weighted by molar-refractivity contribution is 5.54. The molecule has 0 amide bonds. The van der Waals surface area contributed by atoms with Crippen LogP contribution in [0.5, 0.6) is 0 Å². The van der Waals surface area contributed by atoms with E-state index in [1.807, 2.05) is 13.8 Å². The average Bonchev–Trinajstić information content (AvgIpc) is 2.44. The van der Waals surface area contributed by atoms with E-state index in [1.54, 1.807) is 0 Å². The highest BCUT2D eigenvalue weighted by Gasteiger charge is 2.08. The zero-order chi connectivity index (χ0) is 14.7. The van der Waals surface area contributed by atoms with E-state index in [9.17, 15) is 8.78 Å². The number of aromatic nitrogens is 2. The molecule has 0 aliphatic heterocycles. The molecule has 0 fully saturated rings. The lowest BCUT2D eigenvalue weighted by molar-refractivity contribution is 0.507. The van der Waals surface area contributed by atoms with Crippen molar-refractivity contribution in [1.29, 1.82) is 0 Å². The molecule has 0 saturated carbocycles. The van der Waals surface area contributed by atoms with Gasteiger partial charge in [0, 0.05) is 18.5 Å². The molecule has 6 heteroatoms. The Morgan fingerprint density at radius 1 is 1.20 bits per heavy atom. The van der Waals surface area contributed by atoms with Crippen LogP contribution in [0.15, 0.2) is 18.2 Å². The lowest BCUT2D eigenvalue weighted by Crippen LogP contribution is -2.09. The van der Waals surface area contributed by atoms with E-state index in [2.05, 4.69) is 15.3 Å². The summed E-state index contributed by atoms with van der Waals surface area (Å²) in [6.45, 7) is 4.07. The summed E-state index contributed by atoms with van der Waals surface area (Å²) in [6.07, 6.45) is 0.671. The molecule has 0 saturated heterocycles. The van der Waals surface area contributed by atoms with Gasteiger partial charge >= 0.3 is 0 Å². The second-order valence-electron chi connectivity index (χ2n) is 4.45. The molecule has 4 nitrogen and oxygen atoms in total. The second kappa shape index (κ2) is 5.81. The summed E-state index contributed by atoms with van der Waals surface area (Å²) >= 11 is 0. The molecule has 0 atom stereocenters. The molecule has 1 heterocycles. The Hall–Kier alpha value is -2.24. The molecular formula is C14H16F2N4. The maximum Gasteiger partial charge on any atom is 0.159 e. The van der Waals surface area contributed by atoms with Crippen molar-refractivity contribution in [2.75, 3.05) is 11.1 Å². The van der Waals surface area contributed by atoms with Gasteiger partial charge in [-0.15, -0.1) is 0 Å². The van der Waals surface area contributed by atoms with Crippen molar-refractivity contribution in [3.05, 3.63) is 46.8 Å². The summed E-state index contributed by atoms with van der Waals surface area (Å²) in [7, 11) is 0. The van der Waals surface area contributed by atoms with Crippen LogP contribution < -0.4 is 11.1 Å². The molecule has 1 aromatic carbocycles. The van der Waals surface area contributed by atoms with Crippen molar-refractivity contribution < 1.29 is 8.78 Å². The summed E-state index contributed by atoms with van der Waals surface area (Å²) in [4.78, 5) is 8.49. The molecule has 106 valence electrons. The predicted octanol–water partition coefficient (Wildman–Crippen LogP) is 2.82. The third-order valence-corrected chi connectivity index (χ3v) is 2.99. The van der Waals surface area contributed by atoms with Gasteiger partial charge < -0.3 is 11.1 Å². The number of hydrogen-bond acceptors (Lipinski definition) is 4. The zero-order valence-electron chi connectivity index (χ0n) is 11.4. The molecule has 0 radical (unpaired) electrons. The Balaban J connectivity index is 2.18. The number of rotatable bonds is 4. The highest BCUT2D eigenvalue weighted by atomic mass is 19.2. The SMILES string of the molecule is CCc1nc(N)c(C)c(NCc2ccc(F)c(F)c2)n1. The lowest BCUT2D eigenvalue weighted by atomic mass is 10.2. The van der Waals surface area contributed by atoms with E-state index < -0.39 is 11.6 Å². The van der Waals surface area contributed by atoms with Gasteiger partial charge in [0.1, 0.15) is 17.5 Å². The van der Waals surface area contributed by atoms with E-state index in [0.717, 1.165) is 17.7 Å². The van der Waals surface area contributed by atoms with Gasteiger partial charge in [0.15, 0.2) is 11.6 Å². The van der Waals surface area contributed by atoms with Gasteiger partial charge in [-0.05, 0) is 24.6 Å². The number of benzene rings is 1. The highest BCUT2D eigenvalue weighted by Crippen LogP contribution is 2.18. The molecule has 2 rings (SSSR count). The maximum absolute atomic E-state index is 13.1. The second-order valence-corrected chi connectivity index (χ2v) is 4.45. The van der Waals surface area contributed by atoms with Crippen molar-refractivity contribution >= 4 is 11.6 Å². The van der Waals surface area contributed by atoms with Crippen LogP contribution >= 0.6 is 0 Å². The summed E-state index contributed by atoms with van der Waals surface area (Å²) in [6, 6.07) is 3.78. The monoisotopic (exact) mass is 278 g/mol. The van der Waals surface area contributed by atoms with E-state index in [1.165, 1.54) is 6.07 Å². The Morgan fingerprint density at radius 2 is 1.95 bits per heavy atom. The Kier molecular flexibility index (Phi) is 4.12. The zero-order valence-corrected chi connectivity index (χ0v) is 11.4. The molecule has 0 aliphatic rings. The van der Waals surface area contributed by atoms with Crippen LogP contribution in [-0.4, -0.2) is 9.97 Å². The van der Waals surface area contributed by atoms with Crippen molar-refractivity contribution in [3.63, 3.8) is 0 Å². The molecular weight excluding hydrogens is 262 g/mol. The predicted molar refractivity (Wildman–Crippen MR) is 74.2 cm³/mol. The fraction of sp³-hybridized carbons (Fsp3) is 0.286. The van der Waals surface area contributed by atoms with Gasteiger partial charge in [-0.25, -0.2) is 18.7 Å². The quantitative estimate of drug-likeness (QED) is 0.902. The van der Waals surface area contributed by atoms with Gasteiger partial charge in [-0.2, -0.15) is 0 Å². The van der Waals surface area contributed by atoms with Crippen molar-refractivity contribution in [2.45, 2.75) is 26.8 Å². The number of halogens is 2. The molecule has 2 aromatic rings. The molecule has 1 aromatic heterocycles. The largest absolute Gasteiger partial charge is 0.383 e. The smallest absolute Gasteiger partial charge is 0.159 e. The number of nitrogen functional groups attached to an aromatic ring is 1. The first-order valence-corrected chi connectivity index (χ1v) is 6.32. The average molecular weight is 278 g/mol. The third-order valence-electron chi connectivity index (χ3n) is 2.99. The van der Waals surface area contributed by atoms with Crippen LogP contribution in [0.25, 0.3) is 0 Å². The topological polar surface area (TPSA) is 63.8 Å². The van der Waals surface area contributed by atoms with Gasteiger partial charge in [0.25, 0.3) is 0 Å². The molecule has 0 bridgehead atoms. The summed E-state index contributed by atoms with van der Waals surface area (Å²) in [5.74, 6) is -0.0495. The van der Waals surface area contributed by atoms with Crippen molar-refractivity contribution in [3.8, 4) is 0 Å². The van der Waals surface area contributed by atoms with Crippen LogP contribution in [0.2, 0.25) is 0 Å². The standard InChI is InChI=1S/C14H16F2N4/c1-3-12-19-13(17)8(2)14(20-12)18-7-9-4-5-10(15)11(16)6-9/h4-6H,3,7H2,1-2H3,(H3,17,18,19,20). The number of anilines is 2. The summed E-state index contributed by atoms with van der Waals surface area (Å²) in [5, 5.41) is 3.07. The van der Waals surface area contributed by atoms with E-state index in [-0.39, 0.29) is 0 Å². The third kappa shape index (κ3) is 3.01. The Labute approximate surface area is 116 Å². The molecule has 20 heavy (non-hydrogen) atoms. The number of nitrogens with two attached hydrogens (primary N) is 1. The van der Waals surface area contributed by atoms with Crippen molar-refractivity contribution in [1.82, 2.24) is 9.97 Å². The Bertz CT molecular complexity index is 629. The normalized spacial score (nSPS) is 10.6. The fourth-order valence-corrected chi connectivity index (χ4v) is 1.75. The number of aryl methyl sites for hydroxylation is 1. The van der Waals surface area contributed by atoms with Crippen LogP contribution in [-0.2, 0) is 13.0 Å². The number of hydrogen-bond donors (Lipinski definition) is 2. The minimum absolute atomic E-state index is 0.331. The van der Waals surface area contributed by atoms with Crippen LogP contribution in [0.3, 0.4) is 0 Å². The van der Waals surface area contributed by atoms with E-state index in [4.69, 9.17) is 5.73 Å². The minimum Gasteiger partial charge on any atom is -0.383 e. The van der Waals surface area contributed by atoms with Crippen molar-refractivity contribution in [2.24, 2.45) is 0 Å². The summed E-state index contributed by atoms with van der Waals surface area (Å²) < 4.78 is 26.0. The first-order chi connectivity index (χ1) is 9.51. The lowest BCUT2D eigenvalue weighted by Gasteiger charge is -2.11. The maximum atomic E-state index is 13.1. The molecule has 0 aliphatic carbocycles. The summed E-state index contributed by atoms with van der Waals surface area (Å²) in [5.41, 5.74) is 7.17. The first-order valence-electron chi connectivity index (χ1n) is 6.32.